The second kappa shape index (κ2) is 8.29. The topological polar surface area (TPSA) is 196 Å². The van der Waals surface area contributed by atoms with E-state index < -0.39 is 76.0 Å². The van der Waals surface area contributed by atoms with Crippen molar-refractivity contribution in [2.24, 2.45) is 5.73 Å². The van der Waals surface area contributed by atoms with E-state index in [2.05, 4.69) is 10.6 Å². The number of aliphatic hydroxyl groups is 3. The van der Waals surface area contributed by atoms with Gasteiger partial charge in [-0.1, -0.05) is 0 Å². The number of carbonyl (C=O) groups excluding carboxylic acids is 3. The van der Waals surface area contributed by atoms with Crippen molar-refractivity contribution < 1.29 is 38.1 Å². The van der Waals surface area contributed by atoms with Crippen LogP contribution in [0.2, 0.25) is 0 Å². The zero-order valence-corrected chi connectivity index (χ0v) is 15.3. The van der Waals surface area contributed by atoms with E-state index in [0.717, 1.165) is 6.26 Å². The SMILES string of the molecule is CC(=O)N[C@H]1C[C@@](O)(C(=O)N[C@@H](CCS(C)(=O)=O)C(N)=O)C[C@@H](O)[C@@H]1O. The monoisotopic (exact) mass is 395 g/mol. The van der Waals surface area contributed by atoms with Gasteiger partial charge in [-0.3, -0.25) is 14.4 Å². The first-order valence-corrected chi connectivity index (χ1v) is 9.95. The van der Waals surface area contributed by atoms with Crippen molar-refractivity contribution in [1.82, 2.24) is 10.6 Å². The molecule has 0 heterocycles. The van der Waals surface area contributed by atoms with Crippen LogP contribution < -0.4 is 16.4 Å². The molecule has 0 unspecified atom stereocenters. The van der Waals surface area contributed by atoms with Crippen LogP contribution in [0.4, 0.5) is 0 Å². The largest absolute Gasteiger partial charge is 0.390 e. The Hall–Kier alpha value is -1.76. The minimum atomic E-state index is -3.41. The molecule has 1 aliphatic carbocycles. The molecule has 1 saturated carbocycles. The quantitative estimate of drug-likeness (QED) is 0.252. The molecular formula is C14H25N3O8S. The van der Waals surface area contributed by atoms with Gasteiger partial charge in [-0.05, 0) is 6.42 Å². The molecule has 3 amide bonds. The van der Waals surface area contributed by atoms with Crippen molar-refractivity contribution in [2.45, 2.75) is 56.1 Å². The smallest absolute Gasteiger partial charge is 0.252 e. The highest BCUT2D eigenvalue weighted by Crippen LogP contribution is 2.29. The predicted octanol–water partition coefficient (Wildman–Crippen LogP) is -3.86. The Morgan fingerprint density at radius 3 is 2.31 bits per heavy atom. The van der Waals surface area contributed by atoms with Gasteiger partial charge < -0.3 is 31.7 Å². The molecule has 0 radical (unpaired) electrons. The van der Waals surface area contributed by atoms with Gasteiger partial charge in [0.25, 0.3) is 5.91 Å². The van der Waals surface area contributed by atoms with Gasteiger partial charge in [0.2, 0.25) is 11.8 Å². The van der Waals surface area contributed by atoms with Crippen LogP contribution in [-0.4, -0.2) is 83.4 Å². The van der Waals surface area contributed by atoms with E-state index in [9.17, 15) is 38.1 Å². The summed E-state index contributed by atoms with van der Waals surface area (Å²) in [5.41, 5.74) is 2.96. The maximum atomic E-state index is 12.4. The number of amides is 3. The molecule has 5 atom stereocenters. The predicted molar refractivity (Wildman–Crippen MR) is 89.3 cm³/mol. The molecule has 1 fully saturated rings. The standard InChI is InChI=1S/C14H25N3O8S/c1-7(18)16-9-5-14(23,6-10(19)11(9)20)13(22)17-8(12(15)21)3-4-26(2,24)25/h8-11,19-20,23H,3-6H2,1-2H3,(H2,15,21)(H,16,18)(H,17,22)/t8-,9-,10+,11+,14-/m0/s1. The lowest BCUT2D eigenvalue weighted by molar-refractivity contribution is -0.160. The summed E-state index contributed by atoms with van der Waals surface area (Å²) < 4.78 is 22.4. The van der Waals surface area contributed by atoms with Gasteiger partial charge in [0.1, 0.15) is 27.6 Å². The Kier molecular flexibility index (Phi) is 7.10. The van der Waals surface area contributed by atoms with Crippen LogP contribution >= 0.6 is 0 Å². The average molecular weight is 395 g/mol. The first-order chi connectivity index (χ1) is 11.7. The zero-order valence-electron chi connectivity index (χ0n) is 14.5. The van der Waals surface area contributed by atoms with Gasteiger partial charge in [0, 0.05) is 26.0 Å². The third-order valence-electron chi connectivity index (χ3n) is 4.15. The Labute approximate surface area is 150 Å². The van der Waals surface area contributed by atoms with E-state index in [1.807, 2.05) is 0 Å². The Morgan fingerprint density at radius 2 is 1.85 bits per heavy atom. The number of rotatable bonds is 7. The van der Waals surface area contributed by atoms with Crippen LogP contribution in [0.3, 0.4) is 0 Å². The summed E-state index contributed by atoms with van der Waals surface area (Å²) in [4.78, 5) is 35.1. The maximum Gasteiger partial charge on any atom is 0.252 e. The van der Waals surface area contributed by atoms with Crippen molar-refractivity contribution in [2.75, 3.05) is 12.0 Å². The minimum absolute atomic E-state index is 0.281. The number of hydrogen-bond donors (Lipinski definition) is 6. The molecule has 0 aromatic carbocycles. The highest BCUT2D eigenvalue weighted by molar-refractivity contribution is 7.90. The summed E-state index contributed by atoms with van der Waals surface area (Å²) in [6.45, 7) is 1.17. The number of aliphatic hydroxyl groups excluding tert-OH is 2. The first-order valence-electron chi connectivity index (χ1n) is 7.89. The summed E-state index contributed by atoms with van der Waals surface area (Å²) in [5, 5.41) is 34.9. The second-order valence-electron chi connectivity index (χ2n) is 6.65. The molecule has 150 valence electrons. The minimum Gasteiger partial charge on any atom is -0.390 e. The van der Waals surface area contributed by atoms with Gasteiger partial charge in [0.05, 0.1) is 17.9 Å². The molecule has 1 rings (SSSR count). The molecule has 0 bridgehead atoms. The van der Waals surface area contributed by atoms with E-state index in [0.29, 0.717) is 0 Å². The number of carbonyl (C=O) groups is 3. The van der Waals surface area contributed by atoms with Crippen LogP contribution in [-0.2, 0) is 24.2 Å². The van der Waals surface area contributed by atoms with Gasteiger partial charge in [-0.25, -0.2) is 8.42 Å². The first kappa shape index (κ1) is 22.3. The molecule has 12 heteroatoms. The zero-order chi connectivity index (χ0) is 20.3. The Balaban J connectivity index is 2.90. The molecule has 1 aliphatic rings. The van der Waals surface area contributed by atoms with Crippen molar-refractivity contribution >= 4 is 27.6 Å². The van der Waals surface area contributed by atoms with Crippen LogP contribution in [0.1, 0.15) is 26.2 Å². The van der Waals surface area contributed by atoms with Gasteiger partial charge in [-0.2, -0.15) is 0 Å². The molecule has 0 spiro atoms. The average Bonchev–Trinajstić information content (AvgIpc) is 2.46. The van der Waals surface area contributed by atoms with Crippen molar-refractivity contribution in [1.29, 1.82) is 0 Å². The van der Waals surface area contributed by atoms with E-state index in [1.54, 1.807) is 0 Å². The fourth-order valence-electron chi connectivity index (χ4n) is 2.80. The van der Waals surface area contributed by atoms with E-state index >= 15 is 0 Å². The Bertz CT molecular complexity index is 667. The fourth-order valence-corrected chi connectivity index (χ4v) is 3.46. The molecule has 26 heavy (non-hydrogen) atoms. The third-order valence-corrected chi connectivity index (χ3v) is 5.13. The summed E-state index contributed by atoms with van der Waals surface area (Å²) in [6.07, 6.45) is -3.15. The van der Waals surface area contributed by atoms with Crippen LogP contribution in [0, 0.1) is 0 Å². The lowest BCUT2D eigenvalue weighted by Crippen LogP contribution is -2.64. The lowest BCUT2D eigenvalue weighted by atomic mass is 9.77. The third kappa shape index (κ3) is 6.20. The van der Waals surface area contributed by atoms with Gasteiger partial charge in [-0.15, -0.1) is 0 Å². The highest BCUT2D eigenvalue weighted by Gasteiger charge is 2.49. The van der Waals surface area contributed by atoms with Crippen molar-refractivity contribution in [3.05, 3.63) is 0 Å². The number of nitrogens with one attached hydrogen (secondary N) is 2. The number of sulfone groups is 1. The number of primary amides is 1. The molecule has 7 N–H and O–H groups in total. The molecule has 0 aromatic rings. The van der Waals surface area contributed by atoms with Gasteiger partial charge >= 0.3 is 0 Å². The van der Waals surface area contributed by atoms with Crippen LogP contribution in [0.15, 0.2) is 0 Å². The van der Waals surface area contributed by atoms with E-state index in [1.165, 1.54) is 6.92 Å². The molecule has 11 nitrogen and oxygen atoms in total. The normalized spacial score (nSPS) is 30.3. The van der Waals surface area contributed by atoms with Crippen LogP contribution in [0.25, 0.3) is 0 Å². The summed E-state index contributed by atoms with van der Waals surface area (Å²) in [5.74, 6) is -2.99. The lowest BCUT2D eigenvalue weighted by Gasteiger charge is -2.41. The fraction of sp³-hybridized carbons (Fsp3) is 0.786. The van der Waals surface area contributed by atoms with Gasteiger partial charge in [0.15, 0.2) is 0 Å². The van der Waals surface area contributed by atoms with Crippen LogP contribution in [0.5, 0.6) is 0 Å². The molecule has 0 aliphatic heterocycles. The number of nitrogens with two attached hydrogens (primary N) is 1. The maximum absolute atomic E-state index is 12.4. The summed E-state index contributed by atoms with van der Waals surface area (Å²) >= 11 is 0. The number of hydrogen-bond acceptors (Lipinski definition) is 8. The molecule has 0 saturated heterocycles. The van der Waals surface area contributed by atoms with Crippen molar-refractivity contribution in [3.8, 4) is 0 Å². The second-order valence-corrected chi connectivity index (χ2v) is 8.91. The van der Waals surface area contributed by atoms with Crippen molar-refractivity contribution in [3.63, 3.8) is 0 Å². The Morgan fingerprint density at radius 1 is 1.27 bits per heavy atom. The molecular weight excluding hydrogens is 370 g/mol. The summed E-state index contributed by atoms with van der Waals surface area (Å²) in [7, 11) is -3.41. The molecule has 0 aromatic heterocycles. The highest BCUT2D eigenvalue weighted by atomic mass is 32.2. The van der Waals surface area contributed by atoms with E-state index in [-0.39, 0.29) is 6.42 Å². The van der Waals surface area contributed by atoms with E-state index in [4.69, 9.17) is 5.73 Å². The summed E-state index contributed by atoms with van der Waals surface area (Å²) in [6, 6.07) is -2.43.